The van der Waals surface area contributed by atoms with Gasteiger partial charge in [-0.25, -0.2) is 0 Å². The number of rotatable bonds is 5. The number of hydrogen-bond acceptors (Lipinski definition) is 6. The summed E-state index contributed by atoms with van der Waals surface area (Å²) >= 11 is 1.47. The average molecular weight is 347 g/mol. The van der Waals surface area contributed by atoms with Crippen molar-refractivity contribution in [2.75, 3.05) is 19.5 Å². The first kappa shape index (κ1) is 16.7. The molecule has 6 nitrogen and oxygen atoms in total. The summed E-state index contributed by atoms with van der Waals surface area (Å²) in [5.74, 6) is 1.36. The van der Waals surface area contributed by atoms with Crippen molar-refractivity contribution in [1.82, 2.24) is 10.2 Å². The summed E-state index contributed by atoms with van der Waals surface area (Å²) < 4.78 is 10.4. The normalized spacial score (nSPS) is 15.1. The van der Waals surface area contributed by atoms with Gasteiger partial charge in [0.15, 0.2) is 11.5 Å². The maximum atomic E-state index is 12.4. The molecule has 0 saturated heterocycles. The van der Waals surface area contributed by atoms with Crippen LogP contribution in [0.15, 0.2) is 18.2 Å². The molecule has 0 aliphatic heterocycles. The van der Waals surface area contributed by atoms with E-state index in [-0.39, 0.29) is 5.91 Å². The third kappa shape index (κ3) is 3.67. The lowest BCUT2D eigenvalue weighted by Crippen LogP contribution is -2.12. The minimum atomic E-state index is -0.234. The number of carbonyl (C=O) groups is 1. The molecule has 0 bridgehead atoms. The van der Waals surface area contributed by atoms with E-state index >= 15 is 0 Å². The predicted molar refractivity (Wildman–Crippen MR) is 93.2 cm³/mol. The number of methoxy groups -OCH3 is 2. The maximum absolute atomic E-state index is 12.4. The van der Waals surface area contributed by atoms with E-state index in [1.165, 1.54) is 30.6 Å². The molecule has 1 heterocycles. The number of ether oxygens (including phenoxy) is 2. The minimum Gasteiger partial charge on any atom is -0.493 e. The van der Waals surface area contributed by atoms with Crippen molar-refractivity contribution in [2.45, 2.75) is 38.0 Å². The molecule has 24 heavy (non-hydrogen) atoms. The van der Waals surface area contributed by atoms with Gasteiger partial charge in [0.25, 0.3) is 5.91 Å². The molecule has 1 aromatic heterocycles. The number of nitrogens with zero attached hydrogens (tertiary/aromatic N) is 2. The van der Waals surface area contributed by atoms with Crippen LogP contribution in [0.4, 0.5) is 5.13 Å². The van der Waals surface area contributed by atoms with E-state index in [0.29, 0.717) is 28.1 Å². The van der Waals surface area contributed by atoms with Gasteiger partial charge < -0.3 is 9.47 Å². The quantitative estimate of drug-likeness (QED) is 0.889. The van der Waals surface area contributed by atoms with Crippen molar-refractivity contribution in [3.05, 3.63) is 28.8 Å². The lowest BCUT2D eigenvalue weighted by Gasteiger charge is -2.18. The third-order valence-electron chi connectivity index (χ3n) is 4.26. The molecule has 0 spiro atoms. The van der Waals surface area contributed by atoms with E-state index in [1.807, 2.05) is 0 Å². The van der Waals surface area contributed by atoms with Crippen molar-refractivity contribution < 1.29 is 14.3 Å². The number of anilines is 1. The average Bonchev–Trinajstić information content (AvgIpc) is 3.10. The van der Waals surface area contributed by atoms with Crippen LogP contribution in [0, 0.1) is 0 Å². The number of carbonyl (C=O) groups excluding carboxylic acids is 1. The van der Waals surface area contributed by atoms with E-state index in [4.69, 9.17) is 9.47 Å². The lowest BCUT2D eigenvalue weighted by atomic mass is 9.90. The van der Waals surface area contributed by atoms with Crippen LogP contribution in [0.25, 0.3) is 0 Å². The Morgan fingerprint density at radius 2 is 1.88 bits per heavy atom. The van der Waals surface area contributed by atoms with Gasteiger partial charge >= 0.3 is 0 Å². The molecule has 1 aliphatic carbocycles. The molecular formula is C17H21N3O3S. The molecule has 3 rings (SSSR count). The zero-order valence-corrected chi connectivity index (χ0v) is 14.7. The number of nitrogens with one attached hydrogen (secondary N) is 1. The van der Waals surface area contributed by atoms with Crippen LogP contribution in [0.1, 0.15) is 53.4 Å². The molecule has 0 unspecified atom stereocenters. The van der Waals surface area contributed by atoms with E-state index in [2.05, 4.69) is 15.5 Å². The largest absolute Gasteiger partial charge is 0.493 e. The van der Waals surface area contributed by atoms with Crippen LogP contribution in [0.2, 0.25) is 0 Å². The van der Waals surface area contributed by atoms with Crippen LogP contribution in [0.5, 0.6) is 11.5 Å². The Hall–Kier alpha value is -2.15. The fourth-order valence-corrected chi connectivity index (χ4v) is 3.85. The number of hydrogen-bond donors (Lipinski definition) is 1. The second kappa shape index (κ2) is 7.61. The first-order valence-electron chi connectivity index (χ1n) is 8.08. The third-order valence-corrected chi connectivity index (χ3v) is 5.26. The number of aromatic nitrogens is 2. The number of benzene rings is 1. The van der Waals surface area contributed by atoms with Crippen LogP contribution in [-0.4, -0.2) is 30.3 Å². The Morgan fingerprint density at radius 1 is 1.12 bits per heavy atom. The van der Waals surface area contributed by atoms with E-state index < -0.39 is 0 Å². The van der Waals surface area contributed by atoms with E-state index in [0.717, 1.165) is 17.8 Å². The second-order valence-electron chi connectivity index (χ2n) is 5.80. The first-order chi connectivity index (χ1) is 11.7. The highest BCUT2D eigenvalue weighted by molar-refractivity contribution is 7.15. The molecule has 1 fully saturated rings. The summed E-state index contributed by atoms with van der Waals surface area (Å²) in [6, 6.07) is 5.05. The summed E-state index contributed by atoms with van der Waals surface area (Å²) in [7, 11) is 3.10. The van der Waals surface area contributed by atoms with Gasteiger partial charge in [-0.05, 0) is 31.0 Å². The summed E-state index contributed by atoms with van der Waals surface area (Å²) in [5, 5.41) is 12.7. The minimum absolute atomic E-state index is 0.234. The van der Waals surface area contributed by atoms with Crippen LogP contribution < -0.4 is 14.8 Å². The summed E-state index contributed by atoms with van der Waals surface area (Å²) in [5.41, 5.74) is 0.488. The van der Waals surface area contributed by atoms with Gasteiger partial charge in [0.1, 0.15) is 5.01 Å². The van der Waals surface area contributed by atoms with Crippen molar-refractivity contribution in [2.24, 2.45) is 0 Å². The summed E-state index contributed by atoms with van der Waals surface area (Å²) in [6.45, 7) is 0. The molecule has 0 radical (unpaired) electrons. The van der Waals surface area contributed by atoms with Gasteiger partial charge in [-0.3, -0.25) is 10.1 Å². The highest BCUT2D eigenvalue weighted by Gasteiger charge is 2.20. The highest BCUT2D eigenvalue weighted by Crippen LogP contribution is 2.35. The van der Waals surface area contributed by atoms with Gasteiger partial charge in [0.05, 0.1) is 14.2 Å². The fourth-order valence-electron chi connectivity index (χ4n) is 2.95. The second-order valence-corrected chi connectivity index (χ2v) is 6.81. The molecular weight excluding hydrogens is 326 g/mol. The van der Waals surface area contributed by atoms with Gasteiger partial charge in [-0.2, -0.15) is 0 Å². The zero-order chi connectivity index (χ0) is 16.9. The van der Waals surface area contributed by atoms with Crippen molar-refractivity contribution in [1.29, 1.82) is 0 Å². The fraction of sp³-hybridized carbons (Fsp3) is 0.471. The summed E-state index contributed by atoms with van der Waals surface area (Å²) in [6.07, 6.45) is 6.13. The molecule has 128 valence electrons. The van der Waals surface area contributed by atoms with E-state index in [1.54, 1.807) is 32.4 Å². The molecule has 1 saturated carbocycles. The SMILES string of the molecule is COc1ccc(C(=O)Nc2nnc(C3CCCCC3)s2)cc1OC. The van der Waals surface area contributed by atoms with Crippen LogP contribution >= 0.6 is 11.3 Å². The molecule has 1 N–H and O–H groups in total. The Morgan fingerprint density at radius 3 is 2.58 bits per heavy atom. The Labute approximate surface area is 145 Å². The monoisotopic (exact) mass is 347 g/mol. The van der Waals surface area contributed by atoms with E-state index in [9.17, 15) is 4.79 Å². The van der Waals surface area contributed by atoms with Gasteiger partial charge in [-0.1, -0.05) is 30.6 Å². The van der Waals surface area contributed by atoms with Gasteiger partial charge in [0.2, 0.25) is 5.13 Å². The summed E-state index contributed by atoms with van der Waals surface area (Å²) in [4.78, 5) is 12.4. The standard InChI is InChI=1S/C17H21N3O3S/c1-22-13-9-8-12(10-14(13)23-2)15(21)18-17-20-19-16(24-17)11-6-4-3-5-7-11/h8-11H,3-7H2,1-2H3,(H,18,20,21). The van der Waals surface area contributed by atoms with Crippen LogP contribution in [-0.2, 0) is 0 Å². The first-order valence-corrected chi connectivity index (χ1v) is 8.89. The smallest absolute Gasteiger partial charge is 0.257 e. The zero-order valence-electron chi connectivity index (χ0n) is 13.9. The number of amides is 1. The molecule has 1 aromatic carbocycles. The van der Waals surface area contributed by atoms with Crippen molar-refractivity contribution in [3.63, 3.8) is 0 Å². The molecule has 1 aliphatic rings. The van der Waals surface area contributed by atoms with Gasteiger partial charge in [0, 0.05) is 11.5 Å². The van der Waals surface area contributed by atoms with Gasteiger partial charge in [-0.15, -0.1) is 10.2 Å². The van der Waals surface area contributed by atoms with Crippen molar-refractivity contribution in [3.8, 4) is 11.5 Å². The Kier molecular flexibility index (Phi) is 5.30. The van der Waals surface area contributed by atoms with Crippen LogP contribution in [0.3, 0.4) is 0 Å². The maximum Gasteiger partial charge on any atom is 0.257 e. The molecule has 0 atom stereocenters. The molecule has 1 amide bonds. The lowest BCUT2D eigenvalue weighted by molar-refractivity contribution is 0.102. The Bertz CT molecular complexity index is 711. The van der Waals surface area contributed by atoms with Crippen molar-refractivity contribution >= 4 is 22.4 Å². The predicted octanol–water partition coefficient (Wildman–Crippen LogP) is 3.86. The Balaban J connectivity index is 1.69. The molecule has 7 heteroatoms. The highest BCUT2D eigenvalue weighted by atomic mass is 32.1. The molecule has 2 aromatic rings. The topological polar surface area (TPSA) is 73.3 Å².